The molecule has 8 heteroatoms. The maximum absolute atomic E-state index is 12.2. The maximum Gasteiger partial charge on any atom is 0.349 e. The van der Waals surface area contributed by atoms with Crippen LogP contribution >= 0.6 is 0 Å². The number of rotatable bonds is 7. The van der Waals surface area contributed by atoms with Crippen LogP contribution in [0, 0.1) is 31.1 Å². The quantitative estimate of drug-likeness (QED) is 0.439. The Morgan fingerprint density at radius 1 is 1.39 bits per heavy atom. The molecule has 8 nitrogen and oxygen atoms in total. The lowest BCUT2D eigenvalue weighted by atomic mass is 10.1. The van der Waals surface area contributed by atoms with Gasteiger partial charge in [0.25, 0.3) is 5.91 Å². The Hall–Kier alpha value is -3.08. The molecule has 2 heterocycles. The number of urea groups is 1. The van der Waals surface area contributed by atoms with E-state index < -0.39 is 24.5 Å². The number of aryl methyl sites for hydroxylation is 1. The second-order valence-electron chi connectivity index (χ2n) is 7.18. The van der Waals surface area contributed by atoms with E-state index in [4.69, 9.17) is 4.74 Å². The summed E-state index contributed by atoms with van der Waals surface area (Å²) in [6.07, 6.45) is 2.50. The van der Waals surface area contributed by atoms with Crippen molar-refractivity contribution in [3.05, 3.63) is 28.6 Å². The first kappa shape index (κ1) is 21.2. The molecule has 1 aromatic heterocycles. The van der Waals surface area contributed by atoms with Gasteiger partial charge < -0.3 is 14.6 Å². The molecule has 28 heavy (non-hydrogen) atoms. The standard InChI is InChI=1S/C20H26N4O4/c1-13(2)5-7-23-14(3)9-16(15(23)4)10-17(11-21)19(26)28-12-18(25)24-8-6-22-20(24)27/h9-10,13H,5-8,12H2,1-4H3,(H,22,27)/b17-10-. The van der Waals surface area contributed by atoms with Crippen molar-refractivity contribution < 1.29 is 19.1 Å². The van der Waals surface area contributed by atoms with E-state index in [9.17, 15) is 19.6 Å². The molecule has 0 unspecified atom stereocenters. The summed E-state index contributed by atoms with van der Waals surface area (Å²) in [5.74, 6) is -0.935. The maximum atomic E-state index is 12.2. The average Bonchev–Trinajstić information content (AvgIpc) is 3.18. The Kier molecular flexibility index (Phi) is 6.99. The highest BCUT2D eigenvalue weighted by Gasteiger charge is 2.27. The van der Waals surface area contributed by atoms with Crippen LogP contribution in [0.1, 0.15) is 37.2 Å². The van der Waals surface area contributed by atoms with Crippen LogP contribution < -0.4 is 5.32 Å². The van der Waals surface area contributed by atoms with E-state index in [1.165, 1.54) is 6.08 Å². The van der Waals surface area contributed by atoms with Gasteiger partial charge >= 0.3 is 12.0 Å². The number of nitrogens with zero attached hydrogens (tertiary/aromatic N) is 3. The van der Waals surface area contributed by atoms with Crippen molar-refractivity contribution in [3.8, 4) is 6.07 Å². The van der Waals surface area contributed by atoms with E-state index in [1.54, 1.807) is 0 Å². The largest absolute Gasteiger partial charge is 0.451 e. The average molecular weight is 386 g/mol. The molecule has 2 rings (SSSR count). The Bertz CT molecular complexity index is 845. The van der Waals surface area contributed by atoms with Crippen molar-refractivity contribution in [2.45, 2.75) is 40.7 Å². The first-order chi connectivity index (χ1) is 13.2. The number of aromatic nitrogens is 1. The number of ether oxygens (including phenoxy) is 1. The molecule has 1 aromatic rings. The minimum atomic E-state index is -0.887. The number of hydrogen-bond donors (Lipinski definition) is 1. The summed E-state index contributed by atoms with van der Waals surface area (Å²) < 4.78 is 7.09. The molecular weight excluding hydrogens is 360 g/mol. The lowest BCUT2D eigenvalue weighted by molar-refractivity contribution is -0.146. The van der Waals surface area contributed by atoms with Crippen molar-refractivity contribution in [1.82, 2.24) is 14.8 Å². The minimum absolute atomic E-state index is 0.192. The normalized spacial score (nSPS) is 14.2. The van der Waals surface area contributed by atoms with Crippen LogP contribution in [0.15, 0.2) is 11.6 Å². The van der Waals surface area contributed by atoms with E-state index in [-0.39, 0.29) is 12.1 Å². The molecule has 1 aliphatic heterocycles. The number of nitriles is 1. The van der Waals surface area contributed by atoms with Crippen molar-refractivity contribution >= 4 is 24.0 Å². The topological polar surface area (TPSA) is 104 Å². The van der Waals surface area contributed by atoms with Gasteiger partial charge in [0.15, 0.2) is 6.61 Å². The molecule has 150 valence electrons. The molecule has 0 bridgehead atoms. The van der Waals surface area contributed by atoms with Gasteiger partial charge in [-0.1, -0.05) is 13.8 Å². The van der Waals surface area contributed by atoms with Crippen LogP contribution in [0.25, 0.3) is 6.08 Å². The first-order valence-electron chi connectivity index (χ1n) is 9.28. The van der Waals surface area contributed by atoms with Crippen LogP contribution in [-0.2, 0) is 20.9 Å². The first-order valence-corrected chi connectivity index (χ1v) is 9.28. The van der Waals surface area contributed by atoms with Gasteiger partial charge in [-0.25, -0.2) is 9.59 Å². The molecule has 0 saturated carbocycles. The van der Waals surface area contributed by atoms with Gasteiger partial charge in [-0.15, -0.1) is 0 Å². The summed E-state index contributed by atoms with van der Waals surface area (Å²) >= 11 is 0. The summed E-state index contributed by atoms with van der Waals surface area (Å²) in [6.45, 7) is 9.12. The predicted octanol–water partition coefficient (Wildman–Crippen LogP) is 2.15. The smallest absolute Gasteiger partial charge is 0.349 e. The second kappa shape index (κ2) is 9.22. The number of amides is 3. The molecule has 1 saturated heterocycles. The second-order valence-corrected chi connectivity index (χ2v) is 7.18. The van der Waals surface area contributed by atoms with Gasteiger partial charge in [0.1, 0.15) is 11.6 Å². The summed E-state index contributed by atoms with van der Waals surface area (Å²) in [5.41, 5.74) is 2.58. The highest BCUT2D eigenvalue weighted by molar-refractivity contribution is 6.01. The van der Waals surface area contributed by atoms with E-state index >= 15 is 0 Å². The van der Waals surface area contributed by atoms with E-state index in [0.717, 1.165) is 34.8 Å². The van der Waals surface area contributed by atoms with E-state index in [1.807, 2.05) is 26.0 Å². The van der Waals surface area contributed by atoms with Crippen molar-refractivity contribution in [2.75, 3.05) is 19.7 Å². The molecule has 0 atom stereocenters. The summed E-state index contributed by atoms with van der Waals surface area (Å²) in [6, 6.07) is 3.24. The molecule has 0 spiro atoms. The van der Waals surface area contributed by atoms with Gasteiger partial charge in [-0.3, -0.25) is 9.69 Å². The number of carbonyl (C=O) groups excluding carboxylic acids is 3. The Morgan fingerprint density at radius 3 is 2.68 bits per heavy atom. The third-order valence-corrected chi connectivity index (χ3v) is 4.67. The number of esters is 1. The van der Waals surface area contributed by atoms with Crippen molar-refractivity contribution in [3.63, 3.8) is 0 Å². The molecule has 1 fully saturated rings. The van der Waals surface area contributed by atoms with Crippen LogP contribution in [0.3, 0.4) is 0 Å². The SMILES string of the molecule is Cc1cc(/C=C(/C#N)C(=O)OCC(=O)N2CCNC2=O)c(C)n1CCC(C)C. The molecule has 1 N–H and O–H groups in total. The molecule has 3 amide bonds. The highest BCUT2D eigenvalue weighted by Crippen LogP contribution is 2.20. The van der Waals surface area contributed by atoms with Gasteiger partial charge in [0, 0.05) is 31.0 Å². The van der Waals surface area contributed by atoms with Crippen LogP contribution in [0.5, 0.6) is 0 Å². The molecule has 0 aromatic carbocycles. The third-order valence-electron chi connectivity index (χ3n) is 4.67. The Morgan fingerprint density at radius 2 is 2.11 bits per heavy atom. The third kappa shape index (κ3) is 5.00. The number of carbonyl (C=O) groups is 3. The van der Waals surface area contributed by atoms with Crippen LogP contribution in [0.4, 0.5) is 4.79 Å². The van der Waals surface area contributed by atoms with E-state index in [2.05, 4.69) is 23.7 Å². The number of imide groups is 1. The monoisotopic (exact) mass is 386 g/mol. The Labute approximate surface area is 164 Å². The number of hydrogen-bond acceptors (Lipinski definition) is 5. The zero-order valence-corrected chi connectivity index (χ0v) is 16.7. The van der Waals surface area contributed by atoms with Gasteiger partial charge in [0.05, 0.1) is 0 Å². The fourth-order valence-corrected chi connectivity index (χ4v) is 2.99. The summed E-state index contributed by atoms with van der Waals surface area (Å²) in [5, 5.41) is 11.8. The summed E-state index contributed by atoms with van der Waals surface area (Å²) in [4.78, 5) is 36.6. The lowest BCUT2D eigenvalue weighted by Crippen LogP contribution is -2.37. The van der Waals surface area contributed by atoms with E-state index in [0.29, 0.717) is 12.5 Å². The fourth-order valence-electron chi connectivity index (χ4n) is 2.99. The van der Waals surface area contributed by atoms with Gasteiger partial charge in [-0.05, 0) is 43.9 Å². The zero-order valence-electron chi connectivity index (χ0n) is 16.7. The molecule has 1 aliphatic rings. The van der Waals surface area contributed by atoms with Crippen LogP contribution in [0.2, 0.25) is 0 Å². The van der Waals surface area contributed by atoms with Gasteiger partial charge in [-0.2, -0.15) is 5.26 Å². The fraction of sp³-hybridized carbons (Fsp3) is 0.500. The predicted molar refractivity (Wildman–Crippen MR) is 103 cm³/mol. The van der Waals surface area contributed by atoms with Crippen LogP contribution in [-0.4, -0.2) is 47.1 Å². The molecular formula is C20H26N4O4. The zero-order chi connectivity index (χ0) is 20.8. The molecule has 0 aliphatic carbocycles. The summed E-state index contributed by atoms with van der Waals surface area (Å²) in [7, 11) is 0. The number of nitrogens with one attached hydrogen (secondary N) is 1. The highest BCUT2D eigenvalue weighted by atomic mass is 16.5. The Balaban J connectivity index is 2.07. The minimum Gasteiger partial charge on any atom is -0.451 e. The lowest BCUT2D eigenvalue weighted by Gasteiger charge is -2.12. The van der Waals surface area contributed by atoms with Gasteiger partial charge in [0.2, 0.25) is 0 Å². The van der Waals surface area contributed by atoms with Crippen molar-refractivity contribution in [2.24, 2.45) is 5.92 Å². The van der Waals surface area contributed by atoms with Crippen molar-refractivity contribution in [1.29, 1.82) is 5.26 Å². The molecule has 0 radical (unpaired) electrons.